The number of nitrogens with one attached hydrogen (secondary N) is 2. The molecule has 0 heterocycles. The number of amides is 3. The summed E-state index contributed by atoms with van der Waals surface area (Å²) in [6.45, 7) is 1.48. The van der Waals surface area contributed by atoms with Crippen LogP contribution in [0.2, 0.25) is 0 Å². The van der Waals surface area contributed by atoms with E-state index in [0.29, 0.717) is 11.3 Å². The first-order chi connectivity index (χ1) is 13.8. The van der Waals surface area contributed by atoms with E-state index >= 15 is 0 Å². The summed E-state index contributed by atoms with van der Waals surface area (Å²) >= 11 is 0. The highest BCUT2D eigenvalue weighted by Gasteiger charge is 2.17. The number of carbonyl (C=O) groups is 2. The molecule has 0 aliphatic carbocycles. The molecular formula is C22H21F2N3O2. The Kier molecular flexibility index (Phi) is 6.07. The van der Waals surface area contributed by atoms with E-state index in [0.717, 1.165) is 22.9 Å². The molecule has 5 nitrogen and oxygen atoms in total. The van der Waals surface area contributed by atoms with Gasteiger partial charge in [0.15, 0.2) is 11.6 Å². The van der Waals surface area contributed by atoms with Gasteiger partial charge in [-0.3, -0.25) is 4.79 Å². The number of rotatable bonds is 5. The SMILES string of the molecule is C[C@H](NC(=O)N(C)CC(=O)Nc1cccc2ccccc12)c1ccc(F)c(F)c1. The molecule has 7 heteroatoms. The molecule has 3 amide bonds. The van der Waals surface area contributed by atoms with Crippen LogP contribution in [-0.2, 0) is 4.79 Å². The minimum absolute atomic E-state index is 0.167. The highest BCUT2D eigenvalue weighted by Crippen LogP contribution is 2.23. The second-order valence-electron chi connectivity index (χ2n) is 6.78. The van der Waals surface area contributed by atoms with Gasteiger partial charge >= 0.3 is 6.03 Å². The lowest BCUT2D eigenvalue weighted by Gasteiger charge is -2.21. The van der Waals surface area contributed by atoms with Crippen molar-refractivity contribution in [1.29, 1.82) is 0 Å². The van der Waals surface area contributed by atoms with Crippen molar-refractivity contribution in [1.82, 2.24) is 10.2 Å². The molecule has 2 N–H and O–H groups in total. The van der Waals surface area contributed by atoms with Gasteiger partial charge in [0.1, 0.15) is 6.54 Å². The Bertz CT molecular complexity index is 1050. The molecule has 1 atom stereocenters. The standard InChI is InChI=1S/C22H21F2N3O2/c1-14(16-10-11-18(23)19(24)12-16)25-22(29)27(2)13-21(28)26-20-9-5-7-15-6-3-4-8-17(15)20/h3-12,14H,13H2,1-2H3,(H,25,29)(H,26,28)/t14-/m0/s1. The number of fused-ring (bicyclic) bond motifs is 1. The number of hydrogen-bond acceptors (Lipinski definition) is 2. The summed E-state index contributed by atoms with van der Waals surface area (Å²) in [5.74, 6) is -2.28. The smallest absolute Gasteiger partial charge is 0.318 e. The van der Waals surface area contributed by atoms with E-state index < -0.39 is 23.7 Å². The third-order valence-corrected chi connectivity index (χ3v) is 4.57. The maximum absolute atomic E-state index is 13.4. The number of hydrogen-bond donors (Lipinski definition) is 2. The zero-order valence-electron chi connectivity index (χ0n) is 16.1. The normalized spacial score (nSPS) is 11.7. The van der Waals surface area contributed by atoms with Crippen molar-refractivity contribution in [2.45, 2.75) is 13.0 Å². The van der Waals surface area contributed by atoms with Crippen LogP contribution in [0, 0.1) is 11.6 Å². The molecule has 0 saturated heterocycles. The molecule has 0 fully saturated rings. The average Bonchev–Trinajstić information content (AvgIpc) is 2.70. The Morgan fingerprint density at radius 2 is 1.72 bits per heavy atom. The fourth-order valence-electron chi connectivity index (χ4n) is 2.97. The maximum atomic E-state index is 13.4. The summed E-state index contributed by atoms with van der Waals surface area (Å²) in [5.41, 5.74) is 1.09. The highest BCUT2D eigenvalue weighted by molar-refractivity contribution is 6.03. The van der Waals surface area contributed by atoms with Gasteiger partial charge in [-0.15, -0.1) is 0 Å². The lowest BCUT2D eigenvalue weighted by Crippen LogP contribution is -2.42. The summed E-state index contributed by atoms with van der Waals surface area (Å²) in [7, 11) is 1.48. The van der Waals surface area contributed by atoms with Crippen LogP contribution in [0.3, 0.4) is 0 Å². The van der Waals surface area contributed by atoms with Gasteiger partial charge in [-0.05, 0) is 36.1 Å². The predicted octanol–water partition coefficient (Wildman–Crippen LogP) is 4.46. The Morgan fingerprint density at radius 1 is 1.00 bits per heavy atom. The number of benzene rings is 3. The first-order valence-corrected chi connectivity index (χ1v) is 9.09. The van der Waals surface area contributed by atoms with Gasteiger partial charge in [-0.1, -0.05) is 42.5 Å². The van der Waals surface area contributed by atoms with Gasteiger partial charge in [0.05, 0.1) is 6.04 Å². The van der Waals surface area contributed by atoms with Crippen molar-refractivity contribution in [2.75, 3.05) is 18.9 Å². The van der Waals surface area contributed by atoms with E-state index in [-0.39, 0.29) is 12.5 Å². The summed E-state index contributed by atoms with van der Waals surface area (Å²) in [6, 6.07) is 15.6. The van der Waals surface area contributed by atoms with Crippen LogP contribution in [0.5, 0.6) is 0 Å². The first-order valence-electron chi connectivity index (χ1n) is 9.09. The molecule has 0 aliphatic rings. The molecule has 0 saturated carbocycles. The molecule has 0 spiro atoms. The van der Waals surface area contributed by atoms with E-state index in [9.17, 15) is 18.4 Å². The summed E-state index contributed by atoms with van der Waals surface area (Å²) in [5, 5.41) is 7.38. The molecule has 3 aromatic rings. The van der Waals surface area contributed by atoms with Crippen molar-refractivity contribution in [3.05, 3.63) is 77.9 Å². The Balaban J connectivity index is 1.60. The second-order valence-corrected chi connectivity index (χ2v) is 6.78. The topological polar surface area (TPSA) is 61.4 Å². The number of anilines is 1. The van der Waals surface area contributed by atoms with Crippen molar-refractivity contribution in [3.63, 3.8) is 0 Å². The van der Waals surface area contributed by atoms with E-state index in [4.69, 9.17) is 0 Å². The molecule has 0 radical (unpaired) electrons. The fraction of sp³-hybridized carbons (Fsp3) is 0.182. The quantitative estimate of drug-likeness (QED) is 0.668. The number of urea groups is 1. The van der Waals surface area contributed by atoms with Crippen molar-refractivity contribution in [2.24, 2.45) is 0 Å². The van der Waals surface area contributed by atoms with Gasteiger partial charge in [0, 0.05) is 18.1 Å². The molecular weight excluding hydrogens is 376 g/mol. The van der Waals surface area contributed by atoms with Crippen molar-refractivity contribution >= 4 is 28.4 Å². The van der Waals surface area contributed by atoms with Gasteiger partial charge in [0.25, 0.3) is 0 Å². The lowest BCUT2D eigenvalue weighted by atomic mass is 10.1. The molecule has 0 aliphatic heterocycles. The third-order valence-electron chi connectivity index (χ3n) is 4.57. The predicted molar refractivity (Wildman–Crippen MR) is 109 cm³/mol. The lowest BCUT2D eigenvalue weighted by molar-refractivity contribution is -0.116. The van der Waals surface area contributed by atoms with E-state index in [1.165, 1.54) is 18.0 Å². The highest BCUT2D eigenvalue weighted by atomic mass is 19.2. The molecule has 3 rings (SSSR count). The van der Waals surface area contributed by atoms with E-state index in [1.54, 1.807) is 13.0 Å². The summed E-state index contributed by atoms with van der Waals surface area (Å²) in [6.07, 6.45) is 0. The van der Waals surface area contributed by atoms with Crippen LogP contribution in [0.15, 0.2) is 60.7 Å². The van der Waals surface area contributed by atoms with Gasteiger partial charge < -0.3 is 15.5 Å². The number of halogens is 2. The first kappa shape index (κ1) is 20.3. The zero-order valence-corrected chi connectivity index (χ0v) is 16.1. The number of carbonyl (C=O) groups excluding carboxylic acids is 2. The van der Waals surface area contributed by atoms with Gasteiger partial charge in [0.2, 0.25) is 5.91 Å². The Morgan fingerprint density at radius 3 is 2.48 bits per heavy atom. The van der Waals surface area contributed by atoms with Gasteiger partial charge in [-0.25, -0.2) is 13.6 Å². The minimum atomic E-state index is -0.980. The van der Waals surface area contributed by atoms with Crippen molar-refractivity contribution in [3.8, 4) is 0 Å². The number of likely N-dealkylation sites (N-methyl/N-ethyl adjacent to an activating group) is 1. The largest absolute Gasteiger partial charge is 0.331 e. The maximum Gasteiger partial charge on any atom is 0.318 e. The number of nitrogens with zero attached hydrogens (tertiary/aromatic N) is 1. The van der Waals surface area contributed by atoms with Crippen molar-refractivity contribution < 1.29 is 18.4 Å². The van der Waals surface area contributed by atoms with Crippen LogP contribution in [0.1, 0.15) is 18.5 Å². The Hall–Kier alpha value is -3.48. The monoisotopic (exact) mass is 397 g/mol. The van der Waals surface area contributed by atoms with Crippen LogP contribution < -0.4 is 10.6 Å². The molecule has 29 heavy (non-hydrogen) atoms. The average molecular weight is 397 g/mol. The van der Waals surface area contributed by atoms with E-state index in [1.807, 2.05) is 36.4 Å². The van der Waals surface area contributed by atoms with E-state index in [2.05, 4.69) is 10.6 Å². The minimum Gasteiger partial charge on any atom is -0.331 e. The molecule has 0 bridgehead atoms. The van der Waals surface area contributed by atoms with Crippen LogP contribution >= 0.6 is 0 Å². The summed E-state index contributed by atoms with van der Waals surface area (Å²) in [4.78, 5) is 25.9. The van der Waals surface area contributed by atoms with Crippen LogP contribution in [0.25, 0.3) is 10.8 Å². The van der Waals surface area contributed by atoms with Gasteiger partial charge in [-0.2, -0.15) is 0 Å². The second kappa shape index (κ2) is 8.68. The Labute approximate surface area is 167 Å². The molecule has 0 aromatic heterocycles. The molecule has 150 valence electrons. The third kappa shape index (κ3) is 4.87. The van der Waals surface area contributed by atoms with Crippen LogP contribution in [0.4, 0.5) is 19.3 Å². The molecule has 0 unspecified atom stereocenters. The zero-order chi connectivity index (χ0) is 21.0. The summed E-state index contributed by atoms with van der Waals surface area (Å²) < 4.78 is 26.4. The fourth-order valence-corrected chi connectivity index (χ4v) is 2.97. The molecule has 3 aromatic carbocycles. The van der Waals surface area contributed by atoms with Crippen LogP contribution in [-0.4, -0.2) is 30.4 Å².